The Kier molecular flexibility index (Phi) is 5.76. The molecule has 1 atom stereocenters. The van der Waals surface area contributed by atoms with E-state index in [-0.39, 0.29) is 5.91 Å². The first-order valence-corrected chi connectivity index (χ1v) is 10.1. The molecule has 1 aliphatic heterocycles. The van der Waals surface area contributed by atoms with Crippen molar-refractivity contribution in [1.29, 1.82) is 0 Å². The van der Waals surface area contributed by atoms with Crippen LogP contribution in [0.4, 0.5) is 10.9 Å². The highest BCUT2D eigenvalue weighted by Crippen LogP contribution is 2.24. The Morgan fingerprint density at radius 2 is 2.19 bits per heavy atom. The van der Waals surface area contributed by atoms with Gasteiger partial charge in [0, 0.05) is 35.9 Å². The average Bonchev–Trinajstić information content (AvgIpc) is 2.98. The van der Waals surface area contributed by atoms with Crippen molar-refractivity contribution in [3.63, 3.8) is 0 Å². The molecule has 3 N–H and O–H groups in total. The third-order valence-electron chi connectivity index (χ3n) is 4.60. The summed E-state index contributed by atoms with van der Waals surface area (Å²) in [6.07, 6.45) is 4.75. The molecule has 2 aromatic rings. The minimum Gasteiger partial charge on any atom is -0.341 e. The van der Waals surface area contributed by atoms with Crippen LogP contribution in [-0.2, 0) is 11.2 Å². The molecule has 1 amide bonds. The SMILES string of the molecule is Cc1nc(CC2CCCN(C(=O)C(C)(C)N)C2)cc(Nc2ncc(C)s2)n1. The van der Waals surface area contributed by atoms with Gasteiger partial charge < -0.3 is 16.0 Å². The zero-order valence-corrected chi connectivity index (χ0v) is 17.3. The van der Waals surface area contributed by atoms with Gasteiger partial charge in [-0.2, -0.15) is 0 Å². The summed E-state index contributed by atoms with van der Waals surface area (Å²) in [5.74, 6) is 1.90. The van der Waals surface area contributed by atoms with E-state index >= 15 is 0 Å². The van der Waals surface area contributed by atoms with Crippen LogP contribution >= 0.6 is 11.3 Å². The lowest BCUT2D eigenvalue weighted by molar-refractivity contribution is -0.137. The summed E-state index contributed by atoms with van der Waals surface area (Å²) in [7, 11) is 0. The van der Waals surface area contributed by atoms with E-state index in [4.69, 9.17) is 5.73 Å². The number of anilines is 2. The van der Waals surface area contributed by atoms with Gasteiger partial charge in [0.1, 0.15) is 11.6 Å². The van der Waals surface area contributed by atoms with Crippen molar-refractivity contribution >= 4 is 28.2 Å². The molecular weight excluding hydrogens is 360 g/mol. The van der Waals surface area contributed by atoms with Gasteiger partial charge in [0.2, 0.25) is 5.91 Å². The fourth-order valence-corrected chi connectivity index (χ4v) is 4.11. The molecule has 2 aromatic heterocycles. The van der Waals surface area contributed by atoms with Crippen molar-refractivity contribution in [2.45, 2.75) is 52.5 Å². The highest BCUT2D eigenvalue weighted by Gasteiger charge is 2.31. The molecule has 1 aliphatic rings. The maximum atomic E-state index is 12.5. The molecule has 1 unspecified atom stereocenters. The first kappa shape index (κ1) is 19.7. The third-order valence-corrected chi connectivity index (χ3v) is 5.43. The number of aryl methyl sites for hydroxylation is 2. The van der Waals surface area contributed by atoms with Crippen LogP contribution in [0.5, 0.6) is 0 Å². The molecule has 0 aromatic carbocycles. The van der Waals surface area contributed by atoms with Gasteiger partial charge in [-0.15, -0.1) is 11.3 Å². The smallest absolute Gasteiger partial charge is 0.242 e. The predicted molar refractivity (Wildman–Crippen MR) is 108 cm³/mol. The Labute approximate surface area is 164 Å². The van der Waals surface area contributed by atoms with Crippen LogP contribution in [0.3, 0.4) is 0 Å². The van der Waals surface area contributed by atoms with Gasteiger partial charge >= 0.3 is 0 Å². The lowest BCUT2D eigenvalue weighted by atomic mass is 9.91. The molecule has 27 heavy (non-hydrogen) atoms. The number of hydrogen-bond acceptors (Lipinski definition) is 7. The Hall–Kier alpha value is -2.06. The van der Waals surface area contributed by atoms with E-state index in [1.165, 1.54) is 0 Å². The third kappa shape index (κ3) is 5.23. The normalized spacial score (nSPS) is 17.8. The summed E-state index contributed by atoms with van der Waals surface area (Å²) in [5, 5.41) is 4.10. The summed E-state index contributed by atoms with van der Waals surface area (Å²) in [5.41, 5.74) is 6.16. The van der Waals surface area contributed by atoms with Crippen molar-refractivity contribution in [1.82, 2.24) is 19.9 Å². The highest BCUT2D eigenvalue weighted by molar-refractivity contribution is 7.15. The van der Waals surface area contributed by atoms with Gasteiger partial charge in [-0.25, -0.2) is 15.0 Å². The molecule has 3 rings (SSSR count). The second kappa shape index (κ2) is 7.90. The van der Waals surface area contributed by atoms with Gasteiger partial charge in [0.25, 0.3) is 0 Å². The van der Waals surface area contributed by atoms with E-state index in [0.717, 1.165) is 59.7 Å². The van der Waals surface area contributed by atoms with E-state index in [9.17, 15) is 4.79 Å². The fraction of sp³-hybridized carbons (Fsp3) is 0.579. The molecule has 146 valence electrons. The van der Waals surface area contributed by atoms with E-state index in [2.05, 4.69) is 20.3 Å². The molecule has 0 radical (unpaired) electrons. The lowest BCUT2D eigenvalue weighted by Crippen LogP contribution is -2.53. The standard InChI is InChI=1S/C19H28N6OS/c1-12-10-21-18(27-12)24-16-9-15(22-13(2)23-16)8-14-6-5-7-25(11-14)17(26)19(3,4)20/h9-10,14H,5-8,11,20H2,1-4H3,(H,21,22,23,24). The number of rotatable bonds is 5. The summed E-state index contributed by atoms with van der Waals surface area (Å²) < 4.78 is 0. The summed E-state index contributed by atoms with van der Waals surface area (Å²) >= 11 is 1.60. The molecule has 1 saturated heterocycles. The number of likely N-dealkylation sites (tertiary alicyclic amines) is 1. The van der Waals surface area contributed by atoms with Crippen molar-refractivity contribution in [3.05, 3.63) is 28.7 Å². The summed E-state index contributed by atoms with van der Waals surface area (Å²) in [6.45, 7) is 8.98. The quantitative estimate of drug-likeness (QED) is 0.817. The lowest BCUT2D eigenvalue weighted by Gasteiger charge is -2.36. The van der Waals surface area contributed by atoms with Crippen molar-refractivity contribution in [3.8, 4) is 0 Å². The van der Waals surface area contributed by atoms with Crippen molar-refractivity contribution < 1.29 is 4.79 Å². The van der Waals surface area contributed by atoms with E-state index in [1.54, 1.807) is 25.2 Å². The van der Waals surface area contributed by atoms with Gasteiger partial charge in [-0.1, -0.05) is 0 Å². The Morgan fingerprint density at radius 3 is 2.85 bits per heavy atom. The topological polar surface area (TPSA) is 97.0 Å². The Balaban J connectivity index is 1.68. The Morgan fingerprint density at radius 1 is 1.41 bits per heavy atom. The average molecular weight is 389 g/mol. The van der Waals surface area contributed by atoms with Crippen LogP contribution in [0.25, 0.3) is 0 Å². The second-order valence-electron chi connectivity index (χ2n) is 7.88. The number of carbonyl (C=O) groups excluding carboxylic acids is 1. The molecule has 0 saturated carbocycles. The summed E-state index contributed by atoms with van der Waals surface area (Å²) in [6, 6.07) is 1.98. The molecule has 0 spiro atoms. The van der Waals surface area contributed by atoms with Crippen LogP contribution in [0.1, 0.15) is 43.1 Å². The fourth-order valence-electron chi connectivity index (χ4n) is 3.44. The first-order chi connectivity index (χ1) is 12.7. The number of piperidine rings is 1. The maximum Gasteiger partial charge on any atom is 0.242 e. The van der Waals surface area contributed by atoms with E-state index in [1.807, 2.05) is 31.0 Å². The molecular formula is C19H28N6OS. The van der Waals surface area contributed by atoms with Crippen molar-refractivity contribution in [2.75, 3.05) is 18.4 Å². The number of amides is 1. The largest absolute Gasteiger partial charge is 0.341 e. The Bertz CT molecular complexity index is 813. The number of aromatic nitrogens is 3. The number of nitrogens with zero attached hydrogens (tertiary/aromatic N) is 4. The minimum atomic E-state index is -0.823. The maximum absolute atomic E-state index is 12.5. The van der Waals surface area contributed by atoms with E-state index < -0.39 is 5.54 Å². The molecule has 0 aliphatic carbocycles. The molecule has 1 fully saturated rings. The van der Waals surface area contributed by atoms with Gasteiger partial charge in [-0.3, -0.25) is 4.79 Å². The van der Waals surface area contributed by atoms with Crippen molar-refractivity contribution in [2.24, 2.45) is 11.7 Å². The number of carbonyl (C=O) groups is 1. The van der Waals surface area contributed by atoms with Crippen LogP contribution in [0, 0.1) is 19.8 Å². The summed E-state index contributed by atoms with van der Waals surface area (Å²) in [4.78, 5) is 28.9. The molecule has 7 nitrogen and oxygen atoms in total. The van der Waals surface area contributed by atoms with E-state index in [0.29, 0.717) is 5.92 Å². The number of thiazole rings is 1. The highest BCUT2D eigenvalue weighted by atomic mass is 32.1. The number of nitrogens with two attached hydrogens (primary N) is 1. The number of hydrogen-bond donors (Lipinski definition) is 2. The van der Waals surface area contributed by atoms with Crippen LogP contribution in [-0.4, -0.2) is 44.4 Å². The van der Waals surface area contributed by atoms with Crippen LogP contribution in [0.15, 0.2) is 12.3 Å². The predicted octanol–water partition coefficient (Wildman–Crippen LogP) is 2.81. The molecule has 3 heterocycles. The zero-order chi connectivity index (χ0) is 19.6. The monoisotopic (exact) mass is 388 g/mol. The number of nitrogens with one attached hydrogen (secondary N) is 1. The molecule has 8 heteroatoms. The zero-order valence-electron chi connectivity index (χ0n) is 16.5. The second-order valence-corrected chi connectivity index (χ2v) is 9.11. The van der Waals surface area contributed by atoms with Gasteiger partial charge in [0.15, 0.2) is 5.13 Å². The van der Waals surface area contributed by atoms with Gasteiger partial charge in [-0.05, 0) is 52.9 Å². The minimum absolute atomic E-state index is 0.0209. The first-order valence-electron chi connectivity index (χ1n) is 9.33. The molecule has 0 bridgehead atoms. The van der Waals surface area contributed by atoms with Crippen LogP contribution < -0.4 is 11.1 Å². The van der Waals surface area contributed by atoms with Gasteiger partial charge in [0.05, 0.1) is 5.54 Å². The van der Waals surface area contributed by atoms with Crippen LogP contribution in [0.2, 0.25) is 0 Å².